The molecule has 0 bridgehead atoms. The SMILES string of the molecule is CN(C)CC1CCCN1Cc1ccc(F)c(Br)c1. The first-order chi connectivity index (χ1) is 8.56. The van der Waals surface area contributed by atoms with Gasteiger partial charge in [-0.25, -0.2) is 4.39 Å². The van der Waals surface area contributed by atoms with Crippen molar-refractivity contribution >= 4 is 15.9 Å². The molecule has 2 rings (SSSR count). The molecule has 1 aromatic rings. The highest BCUT2D eigenvalue weighted by Gasteiger charge is 2.24. The Bertz CT molecular complexity index is 409. The van der Waals surface area contributed by atoms with E-state index in [1.807, 2.05) is 12.1 Å². The highest BCUT2D eigenvalue weighted by atomic mass is 79.9. The number of likely N-dealkylation sites (tertiary alicyclic amines) is 1. The van der Waals surface area contributed by atoms with Crippen LogP contribution in [0.5, 0.6) is 0 Å². The first-order valence-corrected chi connectivity index (χ1v) is 7.18. The molecule has 0 spiro atoms. The molecule has 0 N–H and O–H groups in total. The van der Waals surface area contributed by atoms with Gasteiger partial charge in [0.25, 0.3) is 0 Å². The van der Waals surface area contributed by atoms with E-state index in [-0.39, 0.29) is 5.82 Å². The highest BCUT2D eigenvalue weighted by Crippen LogP contribution is 2.23. The zero-order chi connectivity index (χ0) is 13.1. The summed E-state index contributed by atoms with van der Waals surface area (Å²) >= 11 is 3.25. The lowest BCUT2D eigenvalue weighted by Gasteiger charge is -2.27. The first-order valence-electron chi connectivity index (χ1n) is 6.39. The van der Waals surface area contributed by atoms with Gasteiger partial charge in [0.05, 0.1) is 4.47 Å². The van der Waals surface area contributed by atoms with Crippen molar-refractivity contribution in [3.05, 3.63) is 34.1 Å². The summed E-state index contributed by atoms with van der Waals surface area (Å²) in [6.45, 7) is 3.16. The van der Waals surface area contributed by atoms with Crippen LogP contribution >= 0.6 is 15.9 Å². The average Bonchev–Trinajstić information content (AvgIpc) is 2.70. The van der Waals surface area contributed by atoms with Crippen molar-refractivity contribution in [2.75, 3.05) is 27.2 Å². The van der Waals surface area contributed by atoms with E-state index in [9.17, 15) is 4.39 Å². The summed E-state index contributed by atoms with van der Waals surface area (Å²) in [6, 6.07) is 5.94. The summed E-state index contributed by atoms with van der Waals surface area (Å²) in [5.74, 6) is -0.190. The Morgan fingerprint density at radius 1 is 1.44 bits per heavy atom. The van der Waals surface area contributed by atoms with Gasteiger partial charge in [-0.1, -0.05) is 6.07 Å². The third-order valence-corrected chi connectivity index (χ3v) is 4.05. The van der Waals surface area contributed by atoms with Crippen molar-refractivity contribution in [3.8, 4) is 0 Å². The van der Waals surface area contributed by atoms with Gasteiger partial charge in [0.15, 0.2) is 0 Å². The molecule has 0 saturated carbocycles. The summed E-state index contributed by atoms with van der Waals surface area (Å²) in [5, 5.41) is 0. The normalized spacial score (nSPS) is 20.8. The third-order valence-electron chi connectivity index (χ3n) is 3.44. The number of rotatable bonds is 4. The molecule has 2 nitrogen and oxygen atoms in total. The van der Waals surface area contributed by atoms with Crippen LogP contribution in [0, 0.1) is 5.82 Å². The van der Waals surface area contributed by atoms with E-state index in [0.717, 1.165) is 19.6 Å². The van der Waals surface area contributed by atoms with E-state index in [4.69, 9.17) is 0 Å². The van der Waals surface area contributed by atoms with Crippen molar-refractivity contribution in [2.45, 2.75) is 25.4 Å². The molecule has 0 radical (unpaired) electrons. The summed E-state index contributed by atoms with van der Waals surface area (Å²) in [7, 11) is 4.23. The Balaban J connectivity index is 2.01. The standard InChI is InChI=1S/C14H20BrFN2/c1-17(2)10-12-4-3-7-18(12)9-11-5-6-14(16)13(15)8-11/h5-6,8,12H,3-4,7,9-10H2,1-2H3. The Morgan fingerprint density at radius 3 is 2.89 bits per heavy atom. The predicted octanol–water partition coefficient (Wildman–Crippen LogP) is 3.11. The molecule has 0 amide bonds. The van der Waals surface area contributed by atoms with Crippen LogP contribution in [0.15, 0.2) is 22.7 Å². The summed E-state index contributed by atoms with van der Waals surface area (Å²) in [5.41, 5.74) is 1.17. The van der Waals surface area contributed by atoms with E-state index < -0.39 is 0 Å². The smallest absolute Gasteiger partial charge is 0.137 e. The molecule has 1 atom stereocenters. The van der Waals surface area contributed by atoms with Crippen LogP contribution in [0.4, 0.5) is 4.39 Å². The average molecular weight is 315 g/mol. The van der Waals surface area contributed by atoms with Crippen LogP contribution < -0.4 is 0 Å². The van der Waals surface area contributed by atoms with E-state index >= 15 is 0 Å². The Kier molecular flexibility index (Phi) is 4.76. The van der Waals surface area contributed by atoms with Gasteiger partial charge in [-0.15, -0.1) is 0 Å². The maximum absolute atomic E-state index is 13.2. The third kappa shape index (κ3) is 3.53. The van der Waals surface area contributed by atoms with Crippen molar-refractivity contribution in [1.29, 1.82) is 0 Å². The van der Waals surface area contributed by atoms with Crippen LogP contribution in [-0.2, 0) is 6.54 Å². The second-order valence-corrected chi connectivity index (χ2v) is 6.13. The van der Waals surface area contributed by atoms with Crippen molar-refractivity contribution in [3.63, 3.8) is 0 Å². The molecule has 1 aromatic carbocycles. The molecule has 1 unspecified atom stereocenters. The maximum atomic E-state index is 13.2. The van der Waals surface area contributed by atoms with Crippen LogP contribution in [0.25, 0.3) is 0 Å². The van der Waals surface area contributed by atoms with Gasteiger partial charge in [0, 0.05) is 19.1 Å². The molecule has 0 aromatic heterocycles. The van der Waals surface area contributed by atoms with E-state index in [2.05, 4.69) is 39.8 Å². The molecule has 1 aliphatic heterocycles. The van der Waals surface area contributed by atoms with Crippen molar-refractivity contribution < 1.29 is 4.39 Å². The number of hydrogen-bond acceptors (Lipinski definition) is 2. The van der Waals surface area contributed by atoms with E-state index in [0.29, 0.717) is 10.5 Å². The van der Waals surface area contributed by atoms with Gasteiger partial charge in [0.2, 0.25) is 0 Å². The number of likely N-dealkylation sites (N-methyl/N-ethyl adjacent to an activating group) is 1. The van der Waals surface area contributed by atoms with Gasteiger partial charge in [-0.2, -0.15) is 0 Å². The largest absolute Gasteiger partial charge is 0.308 e. The number of halogens is 2. The first kappa shape index (κ1) is 14.0. The highest BCUT2D eigenvalue weighted by molar-refractivity contribution is 9.10. The fraction of sp³-hybridized carbons (Fsp3) is 0.571. The number of benzene rings is 1. The quantitative estimate of drug-likeness (QED) is 0.842. The fourth-order valence-corrected chi connectivity index (χ4v) is 3.03. The predicted molar refractivity (Wildman–Crippen MR) is 76.1 cm³/mol. The van der Waals surface area contributed by atoms with Crippen LogP contribution in [-0.4, -0.2) is 43.0 Å². The second kappa shape index (κ2) is 6.13. The Morgan fingerprint density at radius 2 is 2.22 bits per heavy atom. The zero-order valence-corrected chi connectivity index (χ0v) is 12.6. The maximum Gasteiger partial charge on any atom is 0.137 e. The van der Waals surface area contributed by atoms with Crippen LogP contribution in [0.1, 0.15) is 18.4 Å². The number of nitrogens with zero attached hydrogens (tertiary/aromatic N) is 2. The fourth-order valence-electron chi connectivity index (χ4n) is 2.60. The lowest BCUT2D eigenvalue weighted by Crippen LogP contribution is -2.37. The minimum Gasteiger partial charge on any atom is -0.308 e. The summed E-state index contributed by atoms with van der Waals surface area (Å²) in [6.07, 6.45) is 2.53. The van der Waals surface area contributed by atoms with Gasteiger partial charge in [0.1, 0.15) is 5.82 Å². The zero-order valence-electron chi connectivity index (χ0n) is 11.0. The van der Waals surface area contributed by atoms with Crippen LogP contribution in [0.2, 0.25) is 0 Å². The second-order valence-electron chi connectivity index (χ2n) is 5.28. The monoisotopic (exact) mass is 314 g/mol. The van der Waals surface area contributed by atoms with E-state index in [1.54, 1.807) is 0 Å². The minimum absolute atomic E-state index is 0.190. The molecule has 1 heterocycles. The molecule has 1 aliphatic rings. The summed E-state index contributed by atoms with van der Waals surface area (Å²) in [4.78, 5) is 4.74. The van der Waals surface area contributed by atoms with Crippen molar-refractivity contribution in [2.24, 2.45) is 0 Å². The van der Waals surface area contributed by atoms with Gasteiger partial charge < -0.3 is 4.90 Å². The van der Waals surface area contributed by atoms with E-state index in [1.165, 1.54) is 24.5 Å². The van der Waals surface area contributed by atoms with Gasteiger partial charge in [-0.3, -0.25) is 4.90 Å². The topological polar surface area (TPSA) is 6.48 Å². The molecule has 4 heteroatoms. The van der Waals surface area contributed by atoms with Gasteiger partial charge in [-0.05, 0) is 67.1 Å². The Labute approximate surface area is 117 Å². The van der Waals surface area contributed by atoms with Crippen molar-refractivity contribution in [1.82, 2.24) is 9.80 Å². The van der Waals surface area contributed by atoms with Crippen LogP contribution in [0.3, 0.4) is 0 Å². The minimum atomic E-state index is -0.190. The molecule has 1 fully saturated rings. The molecule has 18 heavy (non-hydrogen) atoms. The summed E-state index contributed by atoms with van der Waals surface area (Å²) < 4.78 is 13.8. The Hall–Kier alpha value is -0.450. The van der Waals surface area contributed by atoms with Gasteiger partial charge >= 0.3 is 0 Å². The lowest BCUT2D eigenvalue weighted by molar-refractivity contribution is 0.201. The molecule has 1 saturated heterocycles. The molecular weight excluding hydrogens is 295 g/mol. The lowest BCUT2D eigenvalue weighted by atomic mass is 10.1. The molecule has 100 valence electrons. The molecular formula is C14H20BrFN2. The number of hydrogen-bond donors (Lipinski definition) is 0. The molecule has 0 aliphatic carbocycles.